The van der Waals surface area contributed by atoms with Crippen LogP contribution in [0.2, 0.25) is 0 Å². The van der Waals surface area contributed by atoms with Crippen molar-refractivity contribution < 1.29 is 14.7 Å². The van der Waals surface area contributed by atoms with Crippen molar-refractivity contribution in [2.24, 2.45) is 0 Å². The molecular weight excluding hydrogens is 248 g/mol. The molecule has 0 aromatic carbocycles. The van der Waals surface area contributed by atoms with Gasteiger partial charge in [-0.2, -0.15) is 0 Å². The maximum Gasteiger partial charge on any atom is 0.358 e. The van der Waals surface area contributed by atoms with Gasteiger partial charge in [0.25, 0.3) is 0 Å². The van der Waals surface area contributed by atoms with Crippen molar-refractivity contribution in [3.05, 3.63) is 11.4 Å². The molecule has 0 fully saturated rings. The molecule has 7 heteroatoms. The molecule has 1 atom stereocenters. The van der Waals surface area contributed by atoms with Crippen LogP contribution in [0.15, 0.2) is 0 Å². The van der Waals surface area contributed by atoms with Crippen LogP contribution in [0.1, 0.15) is 55.8 Å². The molecular formula is C12H20N4O3. The Bertz CT molecular complexity index is 456. The highest BCUT2D eigenvalue weighted by Crippen LogP contribution is 2.13. The normalized spacial score (nSPS) is 12.2. The zero-order valence-corrected chi connectivity index (χ0v) is 11.5. The standard InChI is InChI=1S/C12H20N4O3/c1-4-6-7-13-11(17)8(3)16-9(5-2)10(12(18)19)14-15-16/h8H,4-7H2,1-3H3,(H,13,17)(H,18,19). The van der Waals surface area contributed by atoms with Gasteiger partial charge in [0.15, 0.2) is 5.69 Å². The minimum absolute atomic E-state index is 0.0873. The fourth-order valence-electron chi connectivity index (χ4n) is 1.77. The predicted molar refractivity (Wildman–Crippen MR) is 69.0 cm³/mol. The summed E-state index contributed by atoms with van der Waals surface area (Å²) in [6.07, 6.45) is 2.37. The Balaban J connectivity index is 2.84. The molecule has 0 aliphatic heterocycles. The number of aromatic carboxylic acids is 1. The Morgan fingerprint density at radius 2 is 2.11 bits per heavy atom. The number of carboxylic acids is 1. The summed E-state index contributed by atoms with van der Waals surface area (Å²) in [5.74, 6) is -1.30. The largest absolute Gasteiger partial charge is 0.476 e. The van der Waals surface area contributed by atoms with Gasteiger partial charge in [0, 0.05) is 6.54 Å². The van der Waals surface area contributed by atoms with Gasteiger partial charge in [0.1, 0.15) is 6.04 Å². The number of unbranched alkanes of at least 4 members (excludes halogenated alkanes) is 1. The summed E-state index contributed by atoms with van der Waals surface area (Å²) in [6.45, 7) is 6.15. The monoisotopic (exact) mass is 268 g/mol. The van der Waals surface area contributed by atoms with Crippen molar-refractivity contribution in [3.63, 3.8) is 0 Å². The van der Waals surface area contributed by atoms with Gasteiger partial charge in [0.2, 0.25) is 5.91 Å². The molecule has 0 aliphatic carbocycles. The van der Waals surface area contributed by atoms with Crippen molar-refractivity contribution in [2.75, 3.05) is 6.54 Å². The number of nitrogens with one attached hydrogen (secondary N) is 1. The second-order valence-electron chi connectivity index (χ2n) is 4.31. The molecule has 1 aromatic heterocycles. The minimum atomic E-state index is -1.12. The summed E-state index contributed by atoms with van der Waals surface area (Å²) in [5, 5.41) is 19.2. The number of carbonyl (C=O) groups excluding carboxylic acids is 1. The van der Waals surface area contributed by atoms with Crippen LogP contribution < -0.4 is 5.32 Å². The van der Waals surface area contributed by atoms with Crippen molar-refractivity contribution in [3.8, 4) is 0 Å². The minimum Gasteiger partial charge on any atom is -0.476 e. The van der Waals surface area contributed by atoms with Crippen LogP contribution in [0.3, 0.4) is 0 Å². The molecule has 106 valence electrons. The lowest BCUT2D eigenvalue weighted by atomic mass is 10.2. The third-order valence-electron chi connectivity index (χ3n) is 2.90. The van der Waals surface area contributed by atoms with Crippen LogP contribution in [0.4, 0.5) is 0 Å². The maximum absolute atomic E-state index is 11.9. The Hall–Kier alpha value is -1.92. The summed E-state index contributed by atoms with van der Waals surface area (Å²) in [4.78, 5) is 22.9. The van der Waals surface area contributed by atoms with Gasteiger partial charge in [-0.05, 0) is 19.8 Å². The van der Waals surface area contributed by atoms with Gasteiger partial charge in [-0.15, -0.1) is 5.10 Å². The first kappa shape index (κ1) is 15.1. The van der Waals surface area contributed by atoms with Gasteiger partial charge < -0.3 is 10.4 Å². The Morgan fingerprint density at radius 1 is 1.42 bits per heavy atom. The molecule has 0 radical (unpaired) electrons. The van der Waals surface area contributed by atoms with Crippen LogP contribution in [-0.4, -0.2) is 38.5 Å². The molecule has 1 amide bonds. The highest BCUT2D eigenvalue weighted by molar-refractivity contribution is 5.87. The first-order valence-electron chi connectivity index (χ1n) is 6.47. The lowest BCUT2D eigenvalue weighted by Crippen LogP contribution is -2.33. The van der Waals surface area contributed by atoms with Crippen LogP contribution in [0.5, 0.6) is 0 Å². The van der Waals surface area contributed by atoms with Crippen LogP contribution in [0, 0.1) is 0 Å². The topological polar surface area (TPSA) is 97.1 Å². The van der Waals surface area contributed by atoms with Crippen LogP contribution in [0.25, 0.3) is 0 Å². The molecule has 2 N–H and O–H groups in total. The summed E-state index contributed by atoms with van der Waals surface area (Å²) < 4.78 is 1.38. The van der Waals surface area contributed by atoms with E-state index in [1.165, 1.54) is 4.68 Å². The van der Waals surface area contributed by atoms with Crippen LogP contribution in [-0.2, 0) is 11.2 Å². The highest BCUT2D eigenvalue weighted by Gasteiger charge is 2.23. The molecule has 0 saturated heterocycles. The first-order chi connectivity index (χ1) is 9.02. The smallest absolute Gasteiger partial charge is 0.358 e. The van der Waals surface area contributed by atoms with Gasteiger partial charge in [-0.1, -0.05) is 25.5 Å². The number of rotatable bonds is 7. The molecule has 1 rings (SSSR count). The molecule has 1 unspecified atom stereocenters. The van der Waals surface area contributed by atoms with E-state index in [9.17, 15) is 9.59 Å². The lowest BCUT2D eigenvalue weighted by molar-refractivity contribution is -0.124. The zero-order valence-electron chi connectivity index (χ0n) is 11.5. The molecule has 19 heavy (non-hydrogen) atoms. The maximum atomic E-state index is 11.9. The average molecular weight is 268 g/mol. The zero-order chi connectivity index (χ0) is 14.4. The van der Waals surface area contributed by atoms with E-state index in [-0.39, 0.29) is 11.6 Å². The fourth-order valence-corrected chi connectivity index (χ4v) is 1.77. The number of carbonyl (C=O) groups is 2. The summed E-state index contributed by atoms with van der Waals surface area (Å²) >= 11 is 0. The van der Waals surface area contributed by atoms with Crippen molar-refractivity contribution in [1.29, 1.82) is 0 Å². The molecule has 1 aromatic rings. The number of carboxylic acid groups (broad SMARTS) is 1. The molecule has 1 heterocycles. The second-order valence-corrected chi connectivity index (χ2v) is 4.31. The van der Waals surface area contributed by atoms with Crippen LogP contribution >= 0.6 is 0 Å². The highest BCUT2D eigenvalue weighted by atomic mass is 16.4. The second kappa shape index (κ2) is 6.86. The van der Waals surface area contributed by atoms with Crippen molar-refractivity contribution in [2.45, 2.75) is 46.1 Å². The predicted octanol–water partition coefficient (Wildman–Crippen LogP) is 1.02. The average Bonchev–Trinajstić information content (AvgIpc) is 2.81. The van der Waals surface area contributed by atoms with Crippen molar-refractivity contribution in [1.82, 2.24) is 20.3 Å². The molecule has 0 aliphatic rings. The summed E-state index contributed by atoms with van der Waals surface area (Å²) in [7, 11) is 0. The third-order valence-corrected chi connectivity index (χ3v) is 2.90. The number of aromatic nitrogens is 3. The van der Waals surface area contributed by atoms with E-state index in [1.807, 2.05) is 13.8 Å². The first-order valence-corrected chi connectivity index (χ1v) is 6.47. The number of nitrogens with zero attached hydrogens (tertiary/aromatic N) is 3. The molecule has 0 saturated carbocycles. The Morgan fingerprint density at radius 3 is 2.63 bits per heavy atom. The number of hydrogen-bond donors (Lipinski definition) is 2. The number of hydrogen-bond acceptors (Lipinski definition) is 4. The van der Waals surface area contributed by atoms with E-state index < -0.39 is 12.0 Å². The lowest BCUT2D eigenvalue weighted by Gasteiger charge is -2.14. The molecule has 0 bridgehead atoms. The van der Waals surface area contributed by atoms with E-state index in [1.54, 1.807) is 6.92 Å². The fraction of sp³-hybridized carbons (Fsp3) is 0.667. The summed E-state index contributed by atoms with van der Waals surface area (Å²) in [5.41, 5.74) is 0.376. The van der Waals surface area contributed by atoms with E-state index >= 15 is 0 Å². The number of amides is 1. The third kappa shape index (κ3) is 3.52. The van der Waals surface area contributed by atoms with E-state index in [4.69, 9.17) is 5.11 Å². The van der Waals surface area contributed by atoms with Gasteiger partial charge >= 0.3 is 5.97 Å². The van der Waals surface area contributed by atoms with Gasteiger partial charge in [-0.25, -0.2) is 9.48 Å². The Kier molecular flexibility index (Phi) is 5.47. The van der Waals surface area contributed by atoms with E-state index in [2.05, 4.69) is 15.6 Å². The van der Waals surface area contributed by atoms with E-state index in [0.717, 1.165) is 12.8 Å². The van der Waals surface area contributed by atoms with Gasteiger partial charge in [-0.3, -0.25) is 4.79 Å². The van der Waals surface area contributed by atoms with E-state index in [0.29, 0.717) is 18.7 Å². The quantitative estimate of drug-likeness (QED) is 0.719. The molecule has 7 nitrogen and oxygen atoms in total. The Labute approximate surface area is 112 Å². The SMILES string of the molecule is CCCCNC(=O)C(C)n1nnc(C(=O)O)c1CC. The molecule has 0 spiro atoms. The summed E-state index contributed by atoms with van der Waals surface area (Å²) in [6, 6.07) is -0.563. The van der Waals surface area contributed by atoms with Gasteiger partial charge in [0.05, 0.1) is 5.69 Å². The van der Waals surface area contributed by atoms with Crippen molar-refractivity contribution >= 4 is 11.9 Å².